The lowest BCUT2D eigenvalue weighted by Gasteiger charge is -2.21. The largest absolute Gasteiger partial charge is 0.488 e. The first kappa shape index (κ1) is 19.5. The summed E-state index contributed by atoms with van der Waals surface area (Å²) < 4.78 is 19.8. The molecule has 0 amide bonds. The van der Waals surface area contributed by atoms with Gasteiger partial charge in [-0.25, -0.2) is 14.4 Å². The first-order chi connectivity index (χ1) is 13.8. The normalized spacial score (nSPS) is 19.7. The highest BCUT2D eigenvalue weighted by Gasteiger charge is 2.33. The number of halogens is 1. The van der Waals surface area contributed by atoms with Crippen LogP contribution in [0.5, 0.6) is 5.75 Å². The third-order valence-electron chi connectivity index (χ3n) is 5.12. The van der Waals surface area contributed by atoms with Crippen LogP contribution >= 0.6 is 0 Å². The Morgan fingerprint density at radius 3 is 2.72 bits per heavy atom. The summed E-state index contributed by atoms with van der Waals surface area (Å²) in [6.45, 7) is 4.87. The van der Waals surface area contributed by atoms with Crippen LogP contribution < -0.4 is 9.64 Å². The Kier molecular flexibility index (Phi) is 5.10. The topological polar surface area (TPSA) is 90.4 Å². The number of rotatable bonds is 5. The van der Waals surface area contributed by atoms with Crippen molar-refractivity contribution in [3.63, 3.8) is 0 Å². The molecule has 0 radical (unpaired) electrons. The number of aliphatic hydroxyl groups excluding tert-OH is 1. The zero-order valence-corrected chi connectivity index (χ0v) is 16.9. The maximum Gasteiger partial charge on any atom is 0.167 e. The average Bonchev–Trinajstić information content (AvgIpc) is 3.25. The van der Waals surface area contributed by atoms with Gasteiger partial charge in [0.2, 0.25) is 0 Å². The third kappa shape index (κ3) is 3.75. The molecule has 4 rings (SSSR count). The summed E-state index contributed by atoms with van der Waals surface area (Å²) in [5.41, 5.74) is 1.78. The Morgan fingerprint density at radius 1 is 1.24 bits per heavy atom. The summed E-state index contributed by atoms with van der Waals surface area (Å²) in [7, 11) is 3.91. The van der Waals surface area contributed by atoms with Crippen molar-refractivity contribution in [2.75, 3.05) is 32.1 Å². The predicted molar refractivity (Wildman–Crippen MR) is 109 cm³/mol. The molecule has 0 aliphatic carbocycles. The van der Waals surface area contributed by atoms with Crippen molar-refractivity contribution in [3.05, 3.63) is 30.3 Å². The molecule has 1 aliphatic rings. The Balaban J connectivity index is 1.69. The van der Waals surface area contributed by atoms with Crippen molar-refractivity contribution < 1.29 is 14.2 Å². The van der Waals surface area contributed by atoms with Crippen LogP contribution in [0.25, 0.3) is 22.3 Å². The van der Waals surface area contributed by atoms with Gasteiger partial charge in [0.1, 0.15) is 17.8 Å². The van der Waals surface area contributed by atoms with Crippen LogP contribution in [-0.4, -0.2) is 75.6 Å². The molecule has 1 fully saturated rings. The van der Waals surface area contributed by atoms with E-state index in [9.17, 15) is 9.50 Å². The number of nitrogens with zero attached hydrogens (tertiary/aromatic N) is 5. The van der Waals surface area contributed by atoms with Crippen molar-refractivity contribution in [1.82, 2.24) is 25.1 Å². The molecular formula is C20H25FN6O2. The number of aromatic nitrogens is 4. The molecule has 3 aromatic rings. The monoisotopic (exact) mass is 400 g/mol. The summed E-state index contributed by atoms with van der Waals surface area (Å²) in [4.78, 5) is 12.8. The van der Waals surface area contributed by atoms with E-state index in [1.165, 1.54) is 12.4 Å². The number of likely N-dealkylation sites (N-methyl/N-ethyl adjacent to an activating group) is 1. The Morgan fingerprint density at radius 2 is 2.03 bits per heavy atom. The van der Waals surface area contributed by atoms with E-state index in [2.05, 4.69) is 20.2 Å². The molecule has 0 spiro atoms. The summed E-state index contributed by atoms with van der Waals surface area (Å²) in [6, 6.07) is 4.91. The number of benzene rings is 1. The van der Waals surface area contributed by atoms with Crippen molar-refractivity contribution in [2.24, 2.45) is 0 Å². The molecule has 2 aromatic heterocycles. The molecule has 9 heteroatoms. The molecule has 0 unspecified atom stereocenters. The van der Waals surface area contributed by atoms with Gasteiger partial charge in [0.15, 0.2) is 11.6 Å². The van der Waals surface area contributed by atoms with Crippen molar-refractivity contribution in [1.29, 1.82) is 0 Å². The molecule has 154 valence electrons. The molecule has 1 aromatic carbocycles. The second-order valence-electron chi connectivity index (χ2n) is 7.83. The Labute approximate surface area is 168 Å². The van der Waals surface area contributed by atoms with E-state index in [-0.39, 0.29) is 17.9 Å². The van der Waals surface area contributed by atoms with Crippen LogP contribution in [0, 0.1) is 5.82 Å². The van der Waals surface area contributed by atoms with Crippen LogP contribution in [-0.2, 0) is 0 Å². The molecule has 2 atom stereocenters. The standard InChI is InChI=1S/C20H25FN6O2/c1-11(2)29-18-5-12-14(6-13(18)21)24-25-20(12)15-7-19(23-10-22-15)27-8-16(26(3)4)17(28)9-27/h5-7,10-11,16-17,28H,8-9H2,1-4H3,(H,24,25)/t16-,17-/m0/s1. The summed E-state index contributed by atoms with van der Waals surface area (Å²) >= 11 is 0. The molecule has 0 saturated carbocycles. The van der Waals surface area contributed by atoms with Gasteiger partial charge in [-0.05, 0) is 34.0 Å². The first-order valence-corrected chi connectivity index (χ1v) is 9.59. The van der Waals surface area contributed by atoms with Gasteiger partial charge in [0, 0.05) is 30.6 Å². The highest BCUT2D eigenvalue weighted by atomic mass is 19.1. The number of fused-ring (bicyclic) bond motifs is 1. The van der Waals surface area contributed by atoms with E-state index in [0.29, 0.717) is 30.0 Å². The van der Waals surface area contributed by atoms with Crippen molar-refractivity contribution in [2.45, 2.75) is 32.1 Å². The average molecular weight is 400 g/mol. The minimum Gasteiger partial charge on any atom is -0.488 e. The van der Waals surface area contributed by atoms with E-state index in [0.717, 1.165) is 11.2 Å². The van der Waals surface area contributed by atoms with Crippen molar-refractivity contribution in [3.8, 4) is 17.1 Å². The summed E-state index contributed by atoms with van der Waals surface area (Å²) in [5.74, 6) is 0.460. The summed E-state index contributed by atoms with van der Waals surface area (Å²) in [5, 5.41) is 18.2. The third-order valence-corrected chi connectivity index (χ3v) is 5.12. The minimum atomic E-state index is -0.451. The highest BCUT2D eigenvalue weighted by molar-refractivity contribution is 5.93. The van der Waals surface area contributed by atoms with Gasteiger partial charge in [-0.1, -0.05) is 0 Å². The molecule has 1 aliphatic heterocycles. The zero-order valence-electron chi connectivity index (χ0n) is 16.9. The fourth-order valence-electron chi connectivity index (χ4n) is 3.67. The Bertz CT molecular complexity index is 1020. The maximum atomic E-state index is 14.3. The van der Waals surface area contributed by atoms with Crippen LogP contribution in [0.3, 0.4) is 0 Å². The number of H-pyrrole nitrogens is 1. The van der Waals surface area contributed by atoms with Crippen LogP contribution in [0.15, 0.2) is 24.5 Å². The molecule has 29 heavy (non-hydrogen) atoms. The summed E-state index contributed by atoms with van der Waals surface area (Å²) in [6.07, 6.45) is 0.887. The number of aliphatic hydroxyl groups is 1. The lowest BCUT2D eigenvalue weighted by molar-refractivity contribution is 0.114. The quantitative estimate of drug-likeness (QED) is 0.677. The lowest BCUT2D eigenvalue weighted by atomic mass is 10.1. The van der Waals surface area contributed by atoms with Gasteiger partial charge in [0.05, 0.1) is 29.5 Å². The second-order valence-corrected chi connectivity index (χ2v) is 7.83. The number of hydrogen-bond donors (Lipinski definition) is 2. The number of aromatic amines is 1. The number of nitrogens with one attached hydrogen (secondary N) is 1. The van der Waals surface area contributed by atoms with Gasteiger partial charge in [0.25, 0.3) is 0 Å². The first-order valence-electron chi connectivity index (χ1n) is 9.59. The number of hydrogen-bond acceptors (Lipinski definition) is 7. The molecule has 2 N–H and O–H groups in total. The SMILES string of the molecule is CC(C)Oc1cc2c(-c3cc(N4C[C@H](O)[C@@H](N(C)C)C4)ncn3)n[nH]c2cc1F. The number of β-amino-alcohol motifs (C(OH)–C–C–N with tert-alkyl or cyclic N) is 1. The van der Waals surface area contributed by atoms with Crippen LogP contribution in [0.4, 0.5) is 10.2 Å². The van der Waals surface area contributed by atoms with Gasteiger partial charge in [-0.3, -0.25) is 5.10 Å². The highest BCUT2D eigenvalue weighted by Crippen LogP contribution is 2.32. The van der Waals surface area contributed by atoms with Gasteiger partial charge in [-0.2, -0.15) is 5.10 Å². The Hall–Kier alpha value is -2.78. The second kappa shape index (κ2) is 7.57. The minimum absolute atomic E-state index is 0.0401. The lowest BCUT2D eigenvalue weighted by Crippen LogP contribution is -2.38. The predicted octanol–water partition coefficient (Wildman–Crippen LogP) is 2.06. The fourth-order valence-corrected chi connectivity index (χ4v) is 3.67. The smallest absolute Gasteiger partial charge is 0.167 e. The van der Waals surface area contributed by atoms with Crippen LogP contribution in [0.2, 0.25) is 0 Å². The van der Waals surface area contributed by atoms with E-state index >= 15 is 0 Å². The molecule has 3 heterocycles. The number of ether oxygens (including phenoxy) is 1. The van der Waals surface area contributed by atoms with E-state index in [1.807, 2.05) is 43.8 Å². The van der Waals surface area contributed by atoms with Gasteiger partial charge in [-0.15, -0.1) is 0 Å². The fraction of sp³-hybridized carbons (Fsp3) is 0.450. The van der Waals surface area contributed by atoms with E-state index in [1.54, 1.807) is 6.07 Å². The van der Waals surface area contributed by atoms with E-state index < -0.39 is 11.9 Å². The molecule has 0 bridgehead atoms. The van der Waals surface area contributed by atoms with Crippen molar-refractivity contribution >= 4 is 16.7 Å². The van der Waals surface area contributed by atoms with Gasteiger partial charge < -0.3 is 19.6 Å². The van der Waals surface area contributed by atoms with Gasteiger partial charge >= 0.3 is 0 Å². The van der Waals surface area contributed by atoms with Crippen LogP contribution in [0.1, 0.15) is 13.8 Å². The molecule has 8 nitrogen and oxygen atoms in total. The number of anilines is 1. The molecule has 1 saturated heterocycles. The maximum absolute atomic E-state index is 14.3. The van der Waals surface area contributed by atoms with E-state index in [4.69, 9.17) is 4.74 Å². The molecular weight excluding hydrogens is 375 g/mol. The zero-order chi connectivity index (χ0) is 20.7.